The van der Waals surface area contributed by atoms with Crippen LogP contribution in [0.5, 0.6) is 0 Å². The van der Waals surface area contributed by atoms with Crippen LogP contribution in [0.3, 0.4) is 0 Å². The number of aromatic nitrogens is 2. The molecule has 28 heavy (non-hydrogen) atoms. The van der Waals surface area contributed by atoms with Gasteiger partial charge in [0.15, 0.2) is 0 Å². The van der Waals surface area contributed by atoms with Crippen LogP contribution < -0.4 is 10.2 Å². The fourth-order valence-electron chi connectivity index (χ4n) is 3.16. The lowest BCUT2D eigenvalue weighted by Gasteiger charge is -2.34. The maximum atomic E-state index is 13.6. The molecular formula is C19H24F3N5O. The average molecular weight is 395 g/mol. The molecule has 0 atom stereocenters. The minimum Gasteiger partial charge on any atom is -0.369 e. The Balaban J connectivity index is 1.71. The Labute approximate surface area is 161 Å². The molecule has 6 nitrogen and oxygen atoms in total. The predicted molar refractivity (Wildman–Crippen MR) is 101 cm³/mol. The highest BCUT2D eigenvalue weighted by molar-refractivity contribution is 5.92. The van der Waals surface area contributed by atoms with Gasteiger partial charge >= 0.3 is 6.18 Å². The van der Waals surface area contributed by atoms with E-state index in [1.165, 1.54) is 6.07 Å². The fourth-order valence-corrected chi connectivity index (χ4v) is 3.16. The number of nitrogens with one attached hydrogen (secondary N) is 1. The summed E-state index contributed by atoms with van der Waals surface area (Å²) in [6, 6.07) is 4.09. The summed E-state index contributed by atoms with van der Waals surface area (Å²) in [5.74, 6) is -0.481. The molecule has 9 heteroatoms. The zero-order chi connectivity index (χ0) is 20.3. The SMILES string of the molecule is Cc1cnn(CCC(=O)Nc2ccc(N3CCN(C)CC3)cc2C(F)(F)F)c1. The molecule has 0 bridgehead atoms. The van der Waals surface area contributed by atoms with Gasteiger partial charge in [-0.25, -0.2) is 0 Å². The van der Waals surface area contributed by atoms with E-state index < -0.39 is 17.6 Å². The van der Waals surface area contributed by atoms with E-state index in [0.717, 1.165) is 24.7 Å². The summed E-state index contributed by atoms with van der Waals surface area (Å²) in [4.78, 5) is 16.2. The number of halogens is 3. The van der Waals surface area contributed by atoms with Gasteiger partial charge in [0.1, 0.15) is 0 Å². The molecule has 1 fully saturated rings. The number of hydrogen-bond acceptors (Lipinski definition) is 4. The van der Waals surface area contributed by atoms with Gasteiger partial charge in [-0.1, -0.05) is 0 Å². The third kappa shape index (κ3) is 5.03. The largest absolute Gasteiger partial charge is 0.418 e. The summed E-state index contributed by atoms with van der Waals surface area (Å²) in [5.41, 5.74) is 0.434. The van der Waals surface area contributed by atoms with Crippen LogP contribution in [0, 0.1) is 6.92 Å². The van der Waals surface area contributed by atoms with E-state index >= 15 is 0 Å². The Morgan fingerprint density at radius 1 is 1.21 bits per heavy atom. The van der Waals surface area contributed by atoms with E-state index in [0.29, 0.717) is 25.3 Å². The van der Waals surface area contributed by atoms with Gasteiger partial charge in [-0.2, -0.15) is 18.3 Å². The first-order valence-corrected chi connectivity index (χ1v) is 9.16. The molecular weight excluding hydrogens is 371 g/mol. The molecule has 3 rings (SSSR count). The highest BCUT2D eigenvalue weighted by atomic mass is 19.4. The molecule has 0 saturated carbocycles. The first-order chi connectivity index (χ1) is 13.2. The van der Waals surface area contributed by atoms with E-state index in [2.05, 4.69) is 15.3 Å². The summed E-state index contributed by atoms with van der Waals surface area (Å²) in [7, 11) is 1.99. The number of hydrogen-bond donors (Lipinski definition) is 1. The van der Waals surface area contributed by atoms with Gasteiger partial charge in [0, 0.05) is 51.0 Å². The Kier molecular flexibility index (Phi) is 5.93. The number of carbonyl (C=O) groups excluding carboxylic acids is 1. The highest BCUT2D eigenvalue weighted by Crippen LogP contribution is 2.37. The van der Waals surface area contributed by atoms with Crippen molar-refractivity contribution >= 4 is 17.3 Å². The Morgan fingerprint density at radius 2 is 1.93 bits per heavy atom. The van der Waals surface area contributed by atoms with Crippen molar-refractivity contribution < 1.29 is 18.0 Å². The molecule has 1 N–H and O–H groups in total. The lowest BCUT2D eigenvalue weighted by atomic mass is 10.1. The van der Waals surface area contributed by atoms with Crippen LogP contribution in [0.2, 0.25) is 0 Å². The Hall–Kier alpha value is -2.55. The number of aryl methyl sites for hydroxylation is 2. The van der Waals surface area contributed by atoms with Crippen molar-refractivity contribution in [2.24, 2.45) is 0 Å². The van der Waals surface area contributed by atoms with Gasteiger partial charge in [0.05, 0.1) is 17.4 Å². The van der Waals surface area contributed by atoms with Crippen molar-refractivity contribution in [3.05, 3.63) is 41.7 Å². The molecule has 1 aliphatic heterocycles. The van der Waals surface area contributed by atoms with Crippen molar-refractivity contribution in [1.82, 2.24) is 14.7 Å². The zero-order valence-electron chi connectivity index (χ0n) is 16.0. The van der Waals surface area contributed by atoms with Crippen LogP contribution in [-0.2, 0) is 17.5 Å². The monoisotopic (exact) mass is 395 g/mol. The van der Waals surface area contributed by atoms with E-state index in [9.17, 15) is 18.0 Å². The molecule has 0 unspecified atom stereocenters. The number of likely N-dealkylation sites (N-methyl/N-ethyl adjacent to an activating group) is 1. The van der Waals surface area contributed by atoms with Gasteiger partial charge in [-0.15, -0.1) is 0 Å². The van der Waals surface area contributed by atoms with E-state index in [1.807, 2.05) is 18.9 Å². The maximum absolute atomic E-state index is 13.6. The zero-order valence-corrected chi connectivity index (χ0v) is 16.0. The summed E-state index contributed by atoms with van der Waals surface area (Å²) in [5, 5.41) is 6.47. The van der Waals surface area contributed by atoms with Crippen molar-refractivity contribution in [2.75, 3.05) is 43.4 Å². The van der Waals surface area contributed by atoms with Crippen LogP contribution in [0.25, 0.3) is 0 Å². The van der Waals surface area contributed by atoms with Gasteiger partial charge in [-0.3, -0.25) is 9.48 Å². The molecule has 0 spiro atoms. The molecule has 2 aromatic rings. The molecule has 1 aromatic carbocycles. The van der Waals surface area contributed by atoms with Crippen LogP contribution >= 0.6 is 0 Å². The maximum Gasteiger partial charge on any atom is 0.418 e. The lowest BCUT2D eigenvalue weighted by molar-refractivity contribution is -0.136. The van der Waals surface area contributed by atoms with Gasteiger partial charge in [0.25, 0.3) is 0 Å². The summed E-state index contributed by atoms with van der Waals surface area (Å²) in [6.07, 6.45) is -1.07. The number of rotatable bonds is 5. The number of carbonyl (C=O) groups is 1. The minimum atomic E-state index is -4.55. The van der Waals surface area contributed by atoms with E-state index in [1.54, 1.807) is 23.1 Å². The van der Waals surface area contributed by atoms with Crippen molar-refractivity contribution in [2.45, 2.75) is 26.1 Å². The third-order valence-electron chi connectivity index (χ3n) is 4.78. The molecule has 2 heterocycles. The number of anilines is 2. The lowest BCUT2D eigenvalue weighted by Crippen LogP contribution is -2.44. The predicted octanol–water partition coefficient (Wildman–Crippen LogP) is 2.99. The molecule has 0 aliphatic carbocycles. The second-order valence-corrected chi connectivity index (χ2v) is 7.10. The minimum absolute atomic E-state index is 0.0403. The smallest absolute Gasteiger partial charge is 0.369 e. The van der Waals surface area contributed by atoms with Crippen LogP contribution in [-0.4, -0.2) is 53.8 Å². The standard InChI is InChI=1S/C19H24F3N5O/c1-14-12-23-27(13-14)6-5-18(28)24-17-4-3-15(11-16(17)19(20,21)22)26-9-7-25(2)8-10-26/h3-4,11-13H,5-10H2,1-2H3,(H,24,28). The van der Waals surface area contributed by atoms with Gasteiger partial charge in [-0.05, 0) is 37.7 Å². The number of alkyl halides is 3. The Morgan fingerprint density at radius 3 is 2.54 bits per heavy atom. The Bertz CT molecular complexity index is 825. The summed E-state index contributed by atoms with van der Waals surface area (Å²) >= 11 is 0. The van der Waals surface area contributed by atoms with Crippen molar-refractivity contribution in [1.29, 1.82) is 0 Å². The molecule has 1 aliphatic rings. The van der Waals surface area contributed by atoms with Crippen LogP contribution in [0.4, 0.5) is 24.5 Å². The molecule has 1 aromatic heterocycles. The van der Waals surface area contributed by atoms with Crippen LogP contribution in [0.1, 0.15) is 17.5 Å². The number of piperazine rings is 1. The number of amides is 1. The highest BCUT2D eigenvalue weighted by Gasteiger charge is 2.35. The topological polar surface area (TPSA) is 53.4 Å². The first-order valence-electron chi connectivity index (χ1n) is 9.16. The summed E-state index contributed by atoms with van der Waals surface area (Å²) in [6.45, 7) is 5.12. The van der Waals surface area contributed by atoms with Crippen molar-refractivity contribution in [3.8, 4) is 0 Å². The van der Waals surface area contributed by atoms with E-state index in [4.69, 9.17) is 0 Å². The second kappa shape index (κ2) is 8.22. The molecule has 1 saturated heterocycles. The van der Waals surface area contributed by atoms with Crippen molar-refractivity contribution in [3.63, 3.8) is 0 Å². The third-order valence-corrected chi connectivity index (χ3v) is 4.78. The second-order valence-electron chi connectivity index (χ2n) is 7.10. The average Bonchev–Trinajstić information content (AvgIpc) is 3.05. The summed E-state index contributed by atoms with van der Waals surface area (Å²) < 4.78 is 42.3. The molecule has 1 amide bonds. The van der Waals surface area contributed by atoms with E-state index in [-0.39, 0.29) is 12.1 Å². The van der Waals surface area contributed by atoms with Gasteiger partial charge < -0.3 is 15.1 Å². The number of nitrogens with zero attached hydrogens (tertiary/aromatic N) is 4. The quantitative estimate of drug-likeness (QED) is 0.846. The normalized spacial score (nSPS) is 15.7. The molecule has 0 radical (unpaired) electrons. The fraction of sp³-hybridized carbons (Fsp3) is 0.474. The first kappa shape index (κ1) is 20.2. The number of benzene rings is 1. The van der Waals surface area contributed by atoms with Gasteiger partial charge in [0.2, 0.25) is 5.91 Å². The van der Waals surface area contributed by atoms with Crippen LogP contribution in [0.15, 0.2) is 30.6 Å². The molecule has 152 valence electrons.